The molecule has 1 atom stereocenters. The van der Waals surface area contributed by atoms with E-state index in [1.54, 1.807) is 0 Å². The molecule has 3 heterocycles. The third kappa shape index (κ3) is 1.53. The minimum Gasteiger partial charge on any atom is -0.359 e. The lowest BCUT2D eigenvalue weighted by molar-refractivity contribution is -0.119. The molecule has 110 valence electrons. The van der Waals surface area contributed by atoms with E-state index in [9.17, 15) is 4.79 Å². The highest BCUT2D eigenvalue weighted by atomic mass is 16.2. The third-order valence-corrected chi connectivity index (χ3v) is 4.22. The van der Waals surface area contributed by atoms with Gasteiger partial charge in [-0.25, -0.2) is 0 Å². The number of nitriles is 1. The van der Waals surface area contributed by atoms with Crippen LogP contribution in [-0.4, -0.2) is 21.3 Å². The molecule has 8 heteroatoms. The molecule has 2 aliphatic rings. The molecule has 4 N–H and O–H groups in total. The van der Waals surface area contributed by atoms with E-state index in [2.05, 4.69) is 31.4 Å². The van der Waals surface area contributed by atoms with Gasteiger partial charge in [0.1, 0.15) is 17.9 Å². The second kappa shape index (κ2) is 3.98. The molecule has 0 bridgehead atoms. The summed E-state index contributed by atoms with van der Waals surface area (Å²) in [6.45, 7) is 3.79. The van der Waals surface area contributed by atoms with Crippen LogP contribution in [-0.2, 0) is 10.2 Å². The highest BCUT2D eigenvalue weighted by Gasteiger charge is 2.40. The van der Waals surface area contributed by atoms with E-state index in [-0.39, 0.29) is 17.8 Å². The van der Waals surface area contributed by atoms with Gasteiger partial charge >= 0.3 is 0 Å². The molecule has 1 aromatic heterocycles. The Hall–Kier alpha value is -3.08. The summed E-state index contributed by atoms with van der Waals surface area (Å²) in [5.41, 5.74) is 3.78. The Morgan fingerprint density at radius 2 is 1.95 bits per heavy atom. The summed E-state index contributed by atoms with van der Waals surface area (Å²) in [4.78, 5) is 12.0. The highest BCUT2D eigenvalue weighted by Crippen LogP contribution is 2.45. The zero-order valence-corrected chi connectivity index (χ0v) is 12.0. The van der Waals surface area contributed by atoms with Gasteiger partial charge in [-0.15, -0.1) is 5.10 Å². The first-order valence-corrected chi connectivity index (χ1v) is 6.85. The number of hydrogen-bond acceptors (Lipinski definition) is 6. The van der Waals surface area contributed by atoms with Crippen LogP contribution < -0.4 is 16.0 Å². The number of aromatic amines is 1. The van der Waals surface area contributed by atoms with Gasteiger partial charge in [0.25, 0.3) is 0 Å². The highest BCUT2D eigenvalue weighted by molar-refractivity contribution is 6.07. The van der Waals surface area contributed by atoms with Crippen molar-refractivity contribution >= 4 is 23.0 Å². The number of nitrogens with one attached hydrogen (secondary N) is 4. The molecule has 8 nitrogen and oxygen atoms in total. The molecule has 4 rings (SSSR count). The fourth-order valence-corrected chi connectivity index (χ4v) is 2.87. The van der Waals surface area contributed by atoms with Crippen LogP contribution >= 0.6 is 0 Å². The molecule has 0 saturated carbocycles. The van der Waals surface area contributed by atoms with Crippen molar-refractivity contribution in [2.24, 2.45) is 0 Å². The molecule has 2 aliphatic heterocycles. The lowest BCUT2D eigenvalue weighted by Gasteiger charge is -2.15. The van der Waals surface area contributed by atoms with Gasteiger partial charge in [-0.2, -0.15) is 5.26 Å². The summed E-state index contributed by atoms with van der Waals surface area (Å²) in [5, 5.41) is 28.6. The van der Waals surface area contributed by atoms with E-state index in [1.165, 1.54) is 0 Å². The maximum atomic E-state index is 12.0. The molecule has 0 aliphatic carbocycles. The SMILES string of the molecule is CC1(C)C(=O)Nc2cc3c(cc21)NC(c1[nH]nnc1C#N)N3. The zero-order valence-electron chi connectivity index (χ0n) is 12.0. The lowest BCUT2D eigenvalue weighted by atomic mass is 9.86. The normalized spacial score (nSPS) is 20.4. The van der Waals surface area contributed by atoms with Gasteiger partial charge in [0.2, 0.25) is 5.91 Å². The Balaban J connectivity index is 1.73. The van der Waals surface area contributed by atoms with Crippen molar-refractivity contribution in [2.75, 3.05) is 16.0 Å². The average Bonchev–Trinajstić information content (AvgIpc) is 3.15. The maximum Gasteiger partial charge on any atom is 0.234 e. The predicted octanol–water partition coefficient (Wildman–Crippen LogP) is 1.44. The van der Waals surface area contributed by atoms with Crippen LogP contribution in [0.1, 0.15) is 37.0 Å². The Morgan fingerprint density at radius 3 is 2.68 bits per heavy atom. The van der Waals surface area contributed by atoms with E-state index in [0.29, 0.717) is 5.69 Å². The van der Waals surface area contributed by atoms with Crippen LogP contribution in [0.15, 0.2) is 12.1 Å². The summed E-state index contributed by atoms with van der Waals surface area (Å²) in [6.07, 6.45) is -0.305. The van der Waals surface area contributed by atoms with Crippen LogP contribution in [0.2, 0.25) is 0 Å². The number of carbonyl (C=O) groups is 1. The Bertz CT molecular complexity index is 845. The number of carbonyl (C=O) groups excluding carboxylic acids is 1. The monoisotopic (exact) mass is 295 g/mol. The van der Waals surface area contributed by atoms with E-state index >= 15 is 0 Å². The summed E-state index contributed by atoms with van der Waals surface area (Å²) < 4.78 is 0. The second-order valence-electron chi connectivity index (χ2n) is 5.93. The Kier molecular flexibility index (Phi) is 2.29. The van der Waals surface area contributed by atoms with Gasteiger partial charge in [0.15, 0.2) is 5.69 Å². The van der Waals surface area contributed by atoms with Crippen molar-refractivity contribution in [2.45, 2.75) is 25.4 Å². The van der Waals surface area contributed by atoms with Crippen molar-refractivity contribution < 1.29 is 4.79 Å². The van der Waals surface area contributed by atoms with E-state index in [0.717, 1.165) is 22.6 Å². The zero-order chi connectivity index (χ0) is 15.5. The largest absolute Gasteiger partial charge is 0.359 e. The Labute approximate surface area is 125 Å². The minimum absolute atomic E-state index is 0.00717. The number of hydrogen-bond donors (Lipinski definition) is 4. The van der Waals surface area contributed by atoms with Crippen LogP contribution in [0.25, 0.3) is 0 Å². The molecule has 0 radical (unpaired) electrons. The summed E-state index contributed by atoms with van der Waals surface area (Å²) >= 11 is 0. The first-order valence-electron chi connectivity index (χ1n) is 6.85. The first-order chi connectivity index (χ1) is 10.5. The van der Waals surface area contributed by atoms with E-state index in [4.69, 9.17) is 5.26 Å². The number of aromatic nitrogens is 3. The van der Waals surface area contributed by atoms with Crippen LogP contribution in [0.5, 0.6) is 0 Å². The summed E-state index contributed by atoms with van der Waals surface area (Å²) in [6, 6.07) is 5.87. The molecule has 1 amide bonds. The predicted molar refractivity (Wildman–Crippen MR) is 79.2 cm³/mol. The maximum absolute atomic E-state index is 12.0. The Morgan fingerprint density at radius 1 is 1.23 bits per heavy atom. The number of amides is 1. The van der Waals surface area contributed by atoms with Gasteiger partial charge in [0.05, 0.1) is 16.8 Å². The number of H-pyrrole nitrogens is 1. The fraction of sp³-hybridized carbons (Fsp3) is 0.286. The summed E-state index contributed by atoms with van der Waals surface area (Å²) in [7, 11) is 0. The van der Waals surface area contributed by atoms with E-state index < -0.39 is 5.41 Å². The van der Waals surface area contributed by atoms with Crippen molar-refractivity contribution in [3.8, 4) is 6.07 Å². The number of benzene rings is 1. The van der Waals surface area contributed by atoms with Gasteiger partial charge in [-0.1, -0.05) is 5.21 Å². The van der Waals surface area contributed by atoms with Gasteiger partial charge in [0, 0.05) is 5.69 Å². The fourth-order valence-electron chi connectivity index (χ4n) is 2.87. The van der Waals surface area contributed by atoms with Crippen molar-refractivity contribution in [1.29, 1.82) is 5.26 Å². The molecular formula is C14H13N7O. The van der Waals surface area contributed by atoms with Crippen molar-refractivity contribution in [3.05, 3.63) is 29.1 Å². The molecule has 0 spiro atoms. The molecule has 2 aromatic rings. The van der Waals surface area contributed by atoms with Gasteiger partial charge in [-0.3, -0.25) is 9.89 Å². The molecule has 0 fully saturated rings. The number of anilines is 3. The van der Waals surface area contributed by atoms with Crippen LogP contribution in [0.4, 0.5) is 17.1 Å². The second-order valence-corrected chi connectivity index (χ2v) is 5.93. The third-order valence-electron chi connectivity index (χ3n) is 4.22. The lowest BCUT2D eigenvalue weighted by Crippen LogP contribution is -2.26. The van der Waals surface area contributed by atoms with Crippen LogP contribution in [0, 0.1) is 11.3 Å². The number of fused-ring (bicyclic) bond motifs is 2. The summed E-state index contributed by atoms with van der Waals surface area (Å²) in [5.74, 6) is -0.00717. The molecule has 1 aromatic carbocycles. The molecule has 1 unspecified atom stereocenters. The molecular weight excluding hydrogens is 282 g/mol. The minimum atomic E-state index is -0.558. The van der Waals surface area contributed by atoms with Crippen LogP contribution in [0.3, 0.4) is 0 Å². The first kappa shape index (κ1) is 12.6. The molecule has 22 heavy (non-hydrogen) atoms. The topological polar surface area (TPSA) is 119 Å². The standard InChI is InChI=1S/C14H13N7O/c1-14(2)6-3-8-9(4-7(6)18-13(14)22)17-12(16-8)11-10(5-15)19-21-20-11/h3-4,12,16-17H,1-2H3,(H,18,22)(H,19,20,21). The smallest absolute Gasteiger partial charge is 0.234 e. The molecule has 0 saturated heterocycles. The number of rotatable bonds is 1. The van der Waals surface area contributed by atoms with E-state index in [1.807, 2.05) is 32.0 Å². The van der Waals surface area contributed by atoms with Crippen molar-refractivity contribution in [1.82, 2.24) is 15.4 Å². The quantitative estimate of drug-likeness (QED) is 0.632. The van der Waals surface area contributed by atoms with Crippen molar-refractivity contribution in [3.63, 3.8) is 0 Å². The average molecular weight is 295 g/mol. The number of nitrogens with zero attached hydrogens (tertiary/aromatic N) is 3. The van der Waals surface area contributed by atoms with Gasteiger partial charge < -0.3 is 16.0 Å². The van der Waals surface area contributed by atoms with Gasteiger partial charge in [-0.05, 0) is 31.5 Å².